The summed E-state index contributed by atoms with van der Waals surface area (Å²) in [7, 11) is -1.97. The number of ether oxygens (including phenoxy) is 1. The van der Waals surface area contributed by atoms with E-state index in [1.165, 1.54) is 0 Å². The lowest BCUT2D eigenvalue weighted by atomic mass is 10.1. The van der Waals surface area contributed by atoms with Gasteiger partial charge in [0.25, 0.3) is 0 Å². The second kappa shape index (κ2) is 7.21. The van der Waals surface area contributed by atoms with Crippen LogP contribution in [0.25, 0.3) is 10.9 Å². The van der Waals surface area contributed by atoms with Crippen LogP contribution in [0.15, 0.2) is 60.8 Å². The van der Waals surface area contributed by atoms with Crippen LogP contribution in [0.2, 0.25) is 0 Å². The molecule has 0 spiro atoms. The SMILES string of the molecule is COc1ccccc1C(C)NS(=O)(=O)Cc1cccc2cccnc12. The van der Waals surface area contributed by atoms with Gasteiger partial charge in [0.05, 0.1) is 18.4 Å². The highest BCUT2D eigenvalue weighted by atomic mass is 32.2. The normalized spacial score (nSPS) is 12.9. The highest BCUT2D eigenvalue weighted by molar-refractivity contribution is 7.88. The Morgan fingerprint density at radius 3 is 2.64 bits per heavy atom. The van der Waals surface area contributed by atoms with E-state index in [4.69, 9.17) is 4.74 Å². The third kappa shape index (κ3) is 3.97. The van der Waals surface area contributed by atoms with E-state index >= 15 is 0 Å². The first-order valence-electron chi connectivity index (χ1n) is 7.96. The maximum Gasteiger partial charge on any atom is 0.216 e. The van der Waals surface area contributed by atoms with Crippen molar-refractivity contribution in [2.45, 2.75) is 18.7 Å². The topological polar surface area (TPSA) is 68.3 Å². The second-order valence-corrected chi connectivity index (χ2v) is 7.59. The van der Waals surface area contributed by atoms with Crippen LogP contribution >= 0.6 is 0 Å². The van der Waals surface area contributed by atoms with Gasteiger partial charge >= 0.3 is 0 Å². The molecule has 0 aliphatic heterocycles. The van der Waals surface area contributed by atoms with E-state index in [2.05, 4.69) is 9.71 Å². The molecule has 2 aromatic carbocycles. The zero-order valence-electron chi connectivity index (χ0n) is 14.1. The molecule has 3 rings (SSSR count). The molecular formula is C19H20N2O3S. The number of sulfonamides is 1. The van der Waals surface area contributed by atoms with Gasteiger partial charge in [-0.2, -0.15) is 0 Å². The Morgan fingerprint density at radius 2 is 1.84 bits per heavy atom. The number of nitrogens with one attached hydrogen (secondary N) is 1. The van der Waals surface area contributed by atoms with E-state index < -0.39 is 16.1 Å². The lowest BCUT2D eigenvalue weighted by Crippen LogP contribution is -2.28. The smallest absolute Gasteiger partial charge is 0.216 e. The van der Waals surface area contributed by atoms with Crippen molar-refractivity contribution >= 4 is 20.9 Å². The Labute approximate surface area is 147 Å². The van der Waals surface area contributed by atoms with E-state index in [-0.39, 0.29) is 5.75 Å². The molecule has 0 amide bonds. The number of fused-ring (bicyclic) bond motifs is 1. The minimum absolute atomic E-state index is 0.124. The molecule has 1 aromatic heterocycles. The fourth-order valence-electron chi connectivity index (χ4n) is 2.89. The number of nitrogens with zero attached hydrogens (tertiary/aromatic N) is 1. The molecule has 0 saturated heterocycles. The molecule has 6 heteroatoms. The van der Waals surface area contributed by atoms with Crippen LogP contribution in [-0.4, -0.2) is 20.5 Å². The fourth-order valence-corrected chi connectivity index (χ4v) is 4.28. The molecule has 1 atom stereocenters. The van der Waals surface area contributed by atoms with Gasteiger partial charge in [-0.3, -0.25) is 4.98 Å². The molecule has 130 valence electrons. The summed E-state index contributed by atoms with van der Waals surface area (Å²) in [5.74, 6) is 0.533. The van der Waals surface area contributed by atoms with Gasteiger partial charge in [-0.1, -0.05) is 42.5 Å². The molecule has 0 aliphatic carbocycles. The van der Waals surface area contributed by atoms with Crippen LogP contribution < -0.4 is 9.46 Å². The van der Waals surface area contributed by atoms with Gasteiger partial charge in [0.1, 0.15) is 5.75 Å². The second-order valence-electron chi connectivity index (χ2n) is 5.83. The van der Waals surface area contributed by atoms with Gasteiger partial charge in [0.2, 0.25) is 10.0 Å². The third-order valence-corrected chi connectivity index (χ3v) is 5.43. The molecular weight excluding hydrogens is 336 g/mol. The van der Waals surface area contributed by atoms with Crippen LogP contribution in [0.3, 0.4) is 0 Å². The van der Waals surface area contributed by atoms with Crippen molar-refractivity contribution in [3.05, 3.63) is 71.9 Å². The average molecular weight is 356 g/mol. The lowest BCUT2D eigenvalue weighted by Gasteiger charge is -2.17. The van der Waals surface area contributed by atoms with E-state index in [9.17, 15) is 8.42 Å². The number of aromatic nitrogens is 1. The summed E-state index contributed by atoms with van der Waals surface area (Å²) in [5, 5.41) is 0.924. The molecule has 3 aromatic rings. The summed E-state index contributed by atoms with van der Waals surface area (Å²) in [6.45, 7) is 1.80. The monoisotopic (exact) mass is 356 g/mol. The first-order chi connectivity index (χ1) is 12.0. The quantitative estimate of drug-likeness (QED) is 0.735. The van der Waals surface area contributed by atoms with Crippen LogP contribution in [0.1, 0.15) is 24.1 Å². The predicted octanol–water partition coefficient (Wildman–Crippen LogP) is 3.42. The maximum atomic E-state index is 12.6. The van der Waals surface area contributed by atoms with Crippen LogP contribution in [-0.2, 0) is 15.8 Å². The Hall–Kier alpha value is -2.44. The Kier molecular flexibility index (Phi) is 5.01. The predicted molar refractivity (Wildman–Crippen MR) is 98.9 cm³/mol. The number of rotatable bonds is 6. The first-order valence-corrected chi connectivity index (χ1v) is 9.61. The van der Waals surface area contributed by atoms with Crippen molar-refractivity contribution < 1.29 is 13.2 Å². The number of hydrogen-bond acceptors (Lipinski definition) is 4. The Morgan fingerprint density at radius 1 is 1.08 bits per heavy atom. The standard InChI is InChI=1S/C19H20N2O3S/c1-14(17-10-3-4-11-18(17)24-2)21-25(22,23)13-16-8-5-7-15-9-6-12-20-19(15)16/h3-12,14,21H,13H2,1-2H3. The van der Waals surface area contributed by atoms with Gasteiger partial charge in [-0.05, 0) is 24.6 Å². The summed E-state index contributed by atoms with van der Waals surface area (Å²) in [5.41, 5.74) is 2.18. The van der Waals surface area contributed by atoms with Crippen molar-refractivity contribution in [3.8, 4) is 5.75 Å². The van der Waals surface area contributed by atoms with Gasteiger partial charge in [0.15, 0.2) is 0 Å². The molecule has 1 heterocycles. The summed E-state index contributed by atoms with van der Waals surface area (Å²) in [4.78, 5) is 4.32. The largest absolute Gasteiger partial charge is 0.496 e. The van der Waals surface area contributed by atoms with Gasteiger partial charge in [-0.25, -0.2) is 13.1 Å². The summed E-state index contributed by atoms with van der Waals surface area (Å²) in [6, 6.07) is 16.3. The average Bonchev–Trinajstić information content (AvgIpc) is 2.61. The van der Waals surface area contributed by atoms with E-state index in [1.54, 1.807) is 26.3 Å². The molecule has 1 unspecified atom stereocenters. The fraction of sp³-hybridized carbons (Fsp3) is 0.211. The Balaban J connectivity index is 1.84. The molecule has 1 N–H and O–H groups in total. The first kappa shape index (κ1) is 17.4. The van der Waals surface area contributed by atoms with Crippen molar-refractivity contribution in [3.63, 3.8) is 0 Å². The third-order valence-electron chi connectivity index (χ3n) is 4.02. The summed E-state index contributed by atoms with van der Waals surface area (Å²) >= 11 is 0. The minimum Gasteiger partial charge on any atom is -0.496 e. The summed E-state index contributed by atoms with van der Waals surface area (Å²) < 4.78 is 33.3. The molecule has 0 aliphatic rings. The van der Waals surface area contributed by atoms with Crippen LogP contribution in [0.5, 0.6) is 5.75 Å². The molecule has 0 fully saturated rings. The van der Waals surface area contributed by atoms with E-state index in [1.807, 2.05) is 48.5 Å². The highest BCUT2D eigenvalue weighted by Gasteiger charge is 2.20. The summed E-state index contributed by atoms with van der Waals surface area (Å²) in [6.07, 6.45) is 1.67. The molecule has 5 nitrogen and oxygen atoms in total. The van der Waals surface area contributed by atoms with Crippen molar-refractivity contribution in [2.24, 2.45) is 0 Å². The zero-order chi connectivity index (χ0) is 17.9. The molecule has 0 radical (unpaired) electrons. The van der Waals surface area contributed by atoms with Gasteiger partial charge < -0.3 is 4.74 Å². The highest BCUT2D eigenvalue weighted by Crippen LogP contribution is 2.25. The molecule has 25 heavy (non-hydrogen) atoms. The van der Waals surface area contributed by atoms with Crippen molar-refractivity contribution in [2.75, 3.05) is 7.11 Å². The molecule has 0 bridgehead atoms. The number of pyridine rings is 1. The Bertz CT molecular complexity index is 981. The lowest BCUT2D eigenvalue weighted by molar-refractivity contribution is 0.405. The number of methoxy groups -OCH3 is 1. The number of para-hydroxylation sites is 2. The molecule has 0 saturated carbocycles. The zero-order valence-corrected chi connectivity index (χ0v) is 15.0. The van der Waals surface area contributed by atoms with Crippen LogP contribution in [0, 0.1) is 0 Å². The maximum absolute atomic E-state index is 12.6. The van der Waals surface area contributed by atoms with E-state index in [0.29, 0.717) is 16.8 Å². The number of hydrogen-bond donors (Lipinski definition) is 1. The van der Waals surface area contributed by atoms with Crippen molar-refractivity contribution in [1.29, 1.82) is 0 Å². The van der Waals surface area contributed by atoms with Crippen molar-refractivity contribution in [1.82, 2.24) is 9.71 Å². The van der Waals surface area contributed by atoms with E-state index in [0.717, 1.165) is 10.9 Å². The van der Waals surface area contributed by atoms with Gasteiger partial charge in [0, 0.05) is 23.2 Å². The van der Waals surface area contributed by atoms with Crippen LogP contribution in [0.4, 0.5) is 0 Å². The minimum atomic E-state index is -3.54. The van der Waals surface area contributed by atoms with Gasteiger partial charge in [-0.15, -0.1) is 0 Å². The number of benzene rings is 2.